The zero-order valence-electron chi connectivity index (χ0n) is 45.4. The monoisotopic (exact) mass is 949 g/mol. The van der Waals surface area contributed by atoms with E-state index in [1.807, 2.05) is 0 Å². The molecule has 12 heteroatoms. The van der Waals surface area contributed by atoms with Gasteiger partial charge in [-0.1, -0.05) is 195 Å². The highest BCUT2D eigenvalue weighted by Crippen LogP contribution is 2.08. The predicted molar refractivity (Wildman–Crippen MR) is 272 cm³/mol. The zero-order chi connectivity index (χ0) is 51.2. The molecule has 0 rings (SSSR count). The van der Waals surface area contributed by atoms with Gasteiger partial charge in [0.2, 0.25) is 0 Å². The molecule has 0 atom stereocenters. The fourth-order valence-corrected chi connectivity index (χ4v) is 5.69. The molecule has 0 aliphatic heterocycles. The van der Waals surface area contributed by atoms with E-state index in [9.17, 15) is 28.8 Å². The van der Waals surface area contributed by atoms with Crippen LogP contribution in [0.25, 0.3) is 0 Å². The van der Waals surface area contributed by atoms with Crippen molar-refractivity contribution < 1.29 is 57.2 Å². The van der Waals surface area contributed by atoms with Gasteiger partial charge in [0.1, 0.15) is 0 Å². The molecule has 0 spiro atoms. The van der Waals surface area contributed by atoms with Gasteiger partial charge in [-0.2, -0.15) is 0 Å². The molecule has 0 saturated heterocycles. The molecule has 12 nitrogen and oxygen atoms in total. The third-order valence-electron chi connectivity index (χ3n) is 9.36. The smallest absolute Gasteiger partial charge is 0.302 e. The van der Waals surface area contributed by atoms with Crippen LogP contribution in [0.4, 0.5) is 0 Å². The number of carbonyl (C=O) groups is 6. The highest BCUT2D eigenvalue weighted by atomic mass is 16.5. The quantitative estimate of drug-likeness (QED) is 0.0333. The first kappa shape index (κ1) is 74.4. The Bertz CT molecular complexity index is 839. The number of esters is 6. The van der Waals surface area contributed by atoms with Crippen LogP contribution in [-0.2, 0) is 57.2 Å². The van der Waals surface area contributed by atoms with Crippen molar-refractivity contribution in [1.82, 2.24) is 0 Å². The van der Waals surface area contributed by atoms with Crippen molar-refractivity contribution in [1.29, 1.82) is 0 Å². The first-order valence-electron chi connectivity index (χ1n) is 26.4. The summed E-state index contributed by atoms with van der Waals surface area (Å²) in [6.45, 7) is 25.0. The summed E-state index contributed by atoms with van der Waals surface area (Å²) in [7, 11) is 0. The number of carbonyl (C=O) groups excluding carboxylic acids is 6. The Morgan fingerprint density at radius 2 is 0.348 bits per heavy atom. The average Bonchev–Trinajstić information content (AvgIpc) is 3.25. The van der Waals surface area contributed by atoms with E-state index in [1.54, 1.807) is 6.92 Å². The Kier molecular flexibility index (Phi) is 79.8. The molecular weight excluding hydrogens is 841 g/mol. The molecule has 0 fully saturated rings. The van der Waals surface area contributed by atoms with E-state index in [-0.39, 0.29) is 35.8 Å². The van der Waals surface area contributed by atoms with Crippen LogP contribution in [0.15, 0.2) is 0 Å². The fourth-order valence-electron chi connectivity index (χ4n) is 5.69. The van der Waals surface area contributed by atoms with E-state index >= 15 is 0 Å². The molecule has 0 saturated carbocycles. The Balaban J connectivity index is -0.000000165. The Hall–Kier alpha value is -3.18. The molecule has 66 heavy (non-hydrogen) atoms. The van der Waals surface area contributed by atoms with Crippen molar-refractivity contribution in [3.8, 4) is 0 Å². The number of hydrogen-bond donors (Lipinski definition) is 0. The van der Waals surface area contributed by atoms with Gasteiger partial charge in [-0.15, -0.1) is 0 Å². The number of hydrogen-bond acceptors (Lipinski definition) is 12. The maximum Gasteiger partial charge on any atom is 0.302 e. The van der Waals surface area contributed by atoms with Gasteiger partial charge in [0.15, 0.2) is 0 Å². The van der Waals surface area contributed by atoms with E-state index in [4.69, 9.17) is 23.7 Å². The summed E-state index contributed by atoms with van der Waals surface area (Å²) < 4.78 is 28.5. The zero-order valence-corrected chi connectivity index (χ0v) is 45.4. The highest BCUT2D eigenvalue weighted by Gasteiger charge is 1.97. The number of ether oxygens (including phenoxy) is 6. The van der Waals surface area contributed by atoms with Gasteiger partial charge in [-0.05, 0) is 39.0 Å². The maximum atomic E-state index is 10.4. The first-order valence-corrected chi connectivity index (χ1v) is 26.4. The second-order valence-corrected chi connectivity index (χ2v) is 16.5. The third-order valence-corrected chi connectivity index (χ3v) is 9.36. The van der Waals surface area contributed by atoms with E-state index in [0.29, 0.717) is 39.6 Å². The van der Waals surface area contributed by atoms with Crippen molar-refractivity contribution in [2.45, 2.75) is 276 Å². The Labute approximate surface area is 407 Å². The van der Waals surface area contributed by atoms with Gasteiger partial charge < -0.3 is 28.4 Å². The minimum absolute atomic E-state index is 0.163. The summed E-state index contributed by atoms with van der Waals surface area (Å²) in [5.74, 6) is -1.03. The Morgan fingerprint density at radius 3 is 0.455 bits per heavy atom. The molecule has 0 aliphatic rings. The van der Waals surface area contributed by atoms with Crippen LogP contribution in [0, 0.1) is 0 Å². The largest absolute Gasteiger partial charge is 0.466 e. The van der Waals surface area contributed by atoms with Gasteiger partial charge in [-0.3, -0.25) is 28.8 Å². The van der Waals surface area contributed by atoms with Gasteiger partial charge in [0, 0.05) is 41.5 Å². The molecule has 0 heterocycles. The second kappa shape index (κ2) is 70.8. The van der Waals surface area contributed by atoms with Crippen molar-refractivity contribution in [3.63, 3.8) is 0 Å². The SMILES string of the molecule is CCCCCCCCOC(C)=O.CCCCCCCCOC(C)=O.CCCCCCCCOC(C)=O.CCCCCCCCOC(C)=O.CCCCCCCCOC(C)=O.CCOC(C)=O. The predicted octanol–water partition coefficient (Wildman–Crippen LogP) is 15.1. The summed E-state index contributed by atoms with van der Waals surface area (Å²) in [4.78, 5) is 61.6. The van der Waals surface area contributed by atoms with Crippen LogP contribution < -0.4 is 0 Å². The topological polar surface area (TPSA) is 158 Å². The molecule has 0 radical (unpaired) electrons. The highest BCUT2D eigenvalue weighted by molar-refractivity contribution is 5.67. The minimum Gasteiger partial charge on any atom is -0.466 e. The molecule has 0 aromatic carbocycles. The van der Waals surface area contributed by atoms with E-state index in [0.717, 1.165) is 32.1 Å². The molecule has 396 valence electrons. The molecule has 0 unspecified atom stereocenters. The van der Waals surface area contributed by atoms with E-state index in [1.165, 1.54) is 202 Å². The summed E-state index contributed by atoms with van der Waals surface area (Å²) in [5.41, 5.74) is 0. The van der Waals surface area contributed by atoms with Gasteiger partial charge in [-0.25, -0.2) is 0 Å². The third kappa shape index (κ3) is 108. The lowest BCUT2D eigenvalue weighted by Gasteiger charge is -2.01. The summed E-state index contributed by atoms with van der Waals surface area (Å²) in [5, 5.41) is 0. The molecule has 0 aliphatic carbocycles. The van der Waals surface area contributed by atoms with Gasteiger partial charge in [0.25, 0.3) is 0 Å². The number of rotatable bonds is 36. The molecule has 0 N–H and O–H groups in total. The lowest BCUT2D eigenvalue weighted by atomic mass is 10.1. The van der Waals surface area contributed by atoms with Crippen LogP contribution in [0.3, 0.4) is 0 Å². The van der Waals surface area contributed by atoms with E-state index in [2.05, 4.69) is 39.4 Å². The summed E-state index contributed by atoms with van der Waals surface area (Å²) >= 11 is 0. The molecule has 0 aromatic rings. The number of unbranched alkanes of at least 4 members (excludes halogenated alkanes) is 25. The summed E-state index contributed by atoms with van der Waals surface area (Å²) in [6, 6.07) is 0. The second-order valence-electron chi connectivity index (χ2n) is 16.5. The first-order chi connectivity index (χ1) is 31.6. The molecule has 0 amide bonds. The van der Waals surface area contributed by atoms with Crippen LogP contribution in [-0.4, -0.2) is 75.5 Å². The molecular formula is C54H108O12. The van der Waals surface area contributed by atoms with Crippen molar-refractivity contribution in [3.05, 3.63) is 0 Å². The van der Waals surface area contributed by atoms with Gasteiger partial charge >= 0.3 is 35.8 Å². The van der Waals surface area contributed by atoms with Crippen molar-refractivity contribution in [2.75, 3.05) is 39.6 Å². The lowest BCUT2D eigenvalue weighted by Crippen LogP contribution is -1.99. The molecule has 0 aromatic heterocycles. The minimum atomic E-state index is -0.211. The van der Waals surface area contributed by atoms with Crippen LogP contribution in [0.5, 0.6) is 0 Å². The lowest BCUT2D eigenvalue weighted by molar-refractivity contribution is -0.142. The van der Waals surface area contributed by atoms with Crippen molar-refractivity contribution >= 4 is 35.8 Å². The average molecular weight is 949 g/mol. The van der Waals surface area contributed by atoms with Crippen LogP contribution in [0.1, 0.15) is 276 Å². The van der Waals surface area contributed by atoms with Crippen molar-refractivity contribution in [2.24, 2.45) is 0 Å². The summed E-state index contributed by atoms with van der Waals surface area (Å²) in [6.07, 6.45) is 37.0. The van der Waals surface area contributed by atoms with Gasteiger partial charge in [0.05, 0.1) is 39.6 Å². The maximum absolute atomic E-state index is 10.4. The molecule has 0 bridgehead atoms. The standard InChI is InChI=1S/5C10H20O2.C4H8O2/c5*1-3-4-5-6-7-8-9-12-10(2)11;1-3-6-4(2)5/h5*3-9H2,1-2H3;3H2,1-2H3. The fraction of sp³-hybridized carbons (Fsp3) is 0.889. The van der Waals surface area contributed by atoms with Crippen LogP contribution in [0.2, 0.25) is 0 Å². The Morgan fingerprint density at radius 1 is 0.212 bits per heavy atom. The van der Waals surface area contributed by atoms with E-state index < -0.39 is 0 Å². The van der Waals surface area contributed by atoms with Crippen LogP contribution >= 0.6 is 0 Å². The normalized spacial score (nSPS) is 9.64.